The average Bonchev–Trinajstić information content (AvgIpc) is 2.47. The minimum absolute atomic E-state index is 0. The summed E-state index contributed by atoms with van der Waals surface area (Å²) in [5.41, 5.74) is 5.65. The third-order valence-electron chi connectivity index (χ3n) is 3.87. The number of ether oxygens (including phenoxy) is 1. The van der Waals surface area contributed by atoms with Gasteiger partial charge in [0, 0.05) is 17.6 Å². The van der Waals surface area contributed by atoms with E-state index in [1.807, 2.05) is 17.0 Å². The third kappa shape index (κ3) is 5.04. The minimum atomic E-state index is -0.512. The first-order valence-electron chi connectivity index (χ1n) is 7.54. The standard InChI is InChI=1S/C16H23ClN2O2.ClH/c1-12(21-15-7-4-5-13(17)11-15)16(20)19-10-3-2-6-14(19)8-9-18;/h4-5,7,11-12,14H,2-3,6,8-10,18H2,1H3;1H. The highest BCUT2D eigenvalue weighted by Gasteiger charge is 2.30. The molecule has 2 rings (SSSR count). The highest BCUT2D eigenvalue weighted by atomic mass is 35.5. The summed E-state index contributed by atoms with van der Waals surface area (Å²) in [6.07, 6.45) is 3.60. The second kappa shape index (κ2) is 9.23. The van der Waals surface area contributed by atoms with Crippen LogP contribution in [0, 0.1) is 0 Å². The van der Waals surface area contributed by atoms with E-state index >= 15 is 0 Å². The fourth-order valence-electron chi connectivity index (χ4n) is 2.81. The van der Waals surface area contributed by atoms with Gasteiger partial charge in [0.25, 0.3) is 5.91 Å². The molecule has 0 spiro atoms. The van der Waals surface area contributed by atoms with Gasteiger partial charge in [-0.3, -0.25) is 4.79 Å². The molecule has 2 atom stereocenters. The summed E-state index contributed by atoms with van der Waals surface area (Å²) < 4.78 is 5.73. The number of hydrogen-bond acceptors (Lipinski definition) is 3. The Kier molecular flexibility index (Phi) is 8.01. The lowest BCUT2D eigenvalue weighted by molar-refractivity contribution is -0.141. The van der Waals surface area contributed by atoms with Crippen LogP contribution in [-0.4, -0.2) is 36.0 Å². The average molecular weight is 347 g/mol. The van der Waals surface area contributed by atoms with Gasteiger partial charge in [-0.25, -0.2) is 0 Å². The molecule has 0 aliphatic carbocycles. The van der Waals surface area contributed by atoms with Crippen LogP contribution in [0.15, 0.2) is 24.3 Å². The number of likely N-dealkylation sites (tertiary alicyclic amines) is 1. The SMILES string of the molecule is CC(Oc1cccc(Cl)c1)C(=O)N1CCCCC1CCN.Cl. The number of benzene rings is 1. The number of amides is 1. The summed E-state index contributed by atoms with van der Waals surface area (Å²) in [5.74, 6) is 0.656. The Morgan fingerprint density at radius 1 is 1.50 bits per heavy atom. The predicted molar refractivity (Wildman–Crippen MR) is 91.8 cm³/mol. The summed E-state index contributed by atoms with van der Waals surface area (Å²) in [7, 11) is 0. The van der Waals surface area contributed by atoms with Crippen LogP contribution < -0.4 is 10.5 Å². The lowest BCUT2D eigenvalue weighted by Gasteiger charge is -2.37. The lowest BCUT2D eigenvalue weighted by Crippen LogP contribution is -2.49. The summed E-state index contributed by atoms with van der Waals surface area (Å²) in [6.45, 7) is 3.20. The maximum atomic E-state index is 12.6. The Morgan fingerprint density at radius 2 is 2.27 bits per heavy atom. The molecule has 1 aromatic rings. The number of piperidine rings is 1. The molecule has 1 amide bonds. The molecule has 0 bridgehead atoms. The first-order valence-corrected chi connectivity index (χ1v) is 7.92. The van der Waals surface area contributed by atoms with Gasteiger partial charge in [0.05, 0.1) is 0 Å². The van der Waals surface area contributed by atoms with Crippen molar-refractivity contribution in [3.8, 4) is 5.75 Å². The van der Waals surface area contributed by atoms with E-state index in [0.717, 1.165) is 32.2 Å². The van der Waals surface area contributed by atoms with Crippen LogP contribution in [-0.2, 0) is 4.79 Å². The van der Waals surface area contributed by atoms with E-state index in [2.05, 4.69) is 0 Å². The van der Waals surface area contributed by atoms with Gasteiger partial charge in [-0.2, -0.15) is 0 Å². The molecular weight excluding hydrogens is 323 g/mol. The summed E-state index contributed by atoms with van der Waals surface area (Å²) in [4.78, 5) is 14.5. The Balaban J connectivity index is 0.00000242. The first-order chi connectivity index (χ1) is 10.1. The van der Waals surface area contributed by atoms with Gasteiger partial charge in [-0.1, -0.05) is 17.7 Å². The largest absolute Gasteiger partial charge is 0.481 e. The number of halogens is 2. The van der Waals surface area contributed by atoms with E-state index in [1.54, 1.807) is 19.1 Å². The van der Waals surface area contributed by atoms with Crippen molar-refractivity contribution in [3.05, 3.63) is 29.3 Å². The second-order valence-corrected chi connectivity index (χ2v) is 5.91. The first kappa shape index (κ1) is 19.1. The van der Waals surface area contributed by atoms with Crippen molar-refractivity contribution in [2.45, 2.75) is 44.8 Å². The molecule has 0 radical (unpaired) electrons. The zero-order chi connectivity index (χ0) is 15.2. The maximum absolute atomic E-state index is 12.6. The topological polar surface area (TPSA) is 55.6 Å². The van der Waals surface area contributed by atoms with Crippen LogP contribution >= 0.6 is 24.0 Å². The number of hydrogen-bond donors (Lipinski definition) is 1. The van der Waals surface area contributed by atoms with Crippen LogP contribution in [0.5, 0.6) is 5.75 Å². The van der Waals surface area contributed by atoms with Gasteiger partial charge in [0.1, 0.15) is 5.75 Å². The molecule has 2 unspecified atom stereocenters. The van der Waals surface area contributed by atoms with E-state index in [4.69, 9.17) is 22.1 Å². The van der Waals surface area contributed by atoms with Crippen molar-refractivity contribution in [2.75, 3.05) is 13.1 Å². The van der Waals surface area contributed by atoms with Crippen LogP contribution in [0.4, 0.5) is 0 Å². The number of carbonyl (C=O) groups is 1. The molecule has 22 heavy (non-hydrogen) atoms. The van der Waals surface area contributed by atoms with Crippen molar-refractivity contribution in [3.63, 3.8) is 0 Å². The van der Waals surface area contributed by atoms with Gasteiger partial charge in [-0.05, 0) is 57.4 Å². The molecular formula is C16H24Cl2N2O2. The van der Waals surface area contributed by atoms with Crippen molar-refractivity contribution in [1.29, 1.82) is 0 Å². The van der Waals surface area contributed by atoms with E-state index in [9.17, 15) is 4.79 Å². The van der Waals surface area contributed by atoms with E-state index < -0.39 is 6.10 Å². The molecule has 0 aromatic heterocycles. The minimum Gasteiger partial charge on any atom is -0.481 e. The lowest BCUT2D eigenvalue weighted by atomic mass is 9.98. The zero-order valence-corrected chi connectivity index (χ0v) is 14.4. The van der Waals surface area contributed by atoms with Crippen molar-refractivity contribution >= 4 is 29.9 Å². The predicted octanol–water partition coefficient (Wildman–Crippen LogP) is 3.26. The fraction of sp³-hybridized carbons (Fsp3) is 0.562. The molecule has 1 saturated heterocycles. The Bertz CT molecular complexity index is 483. The number of rotatable bonds is 5. The molecule has 0 saturated carbocycles. The van der Waals surface area contributed by atoms with Gasteiger partial charge in [0.15, 0.2) is 6.10 Å². The van der Waals surface area contributed by atoms with Crippen molar-refractivity contribution in [1.82, 2.24) is 4.90 Å². The molecule has 4 nitrogen and oxygen atoms in total. The molecule has 6 heteroatoms. The van der Waals surface area contributed by atoms with Gasteiger partial charge < -0.3 is 15.4 Å². The van der Waals surface area contributed by atoms with Crippen LogP contribution in [0.2, 0.25) is 5.02 Å². The zero-order valence-electron chi connectivity index (χ0n) is 12.8. The smallest absolute Gasteiger partial charge is 0.263 e. The molecule has 1 fully saturated rings. The van der Waals surface area contributed by atoms with Crippen LogP contribution in [0.25, 0.3) is 0 Å². The summed E-state index contributed by atoms with van der Waals surface area (Å²) in [6, 6.07) is 7.37. The number of nitrogens with zero attached hydrogens (tertiary/aromatic N) is 1. The Labute approximate surface area is 143 Å². The molecule has 1 aromatic carbocycles. The molecule has 1 aliphatic heterocycles. The van der Waals surface area contributed by atoms with Crippen LogP contribution in [0.1, 0.15) is 32.6 Å². The molecule has 2 N–H and O–H groups in total. The van der Waals surface area contributed by atoms with E-state index in [0.29, 0.717) is 17.3 Å². The summed E-state index contributed by atoms with van der Waals surface area (Å²) >= 11 is 5.93. The monoisotopic (exact) mass is 346 g/mol. The van der Waals surface area contributed by atoms with Crippen molar-refractivity contribution in [2.24, 2.45) is 5.73 Å². The number of nitrogens with two attached hydrogens (primary N) is 1. The summed E-state index contributed by atoms with van der Waals surface area (Å²) in [5, 5.41) is 0.603. The van der Waals surface area contributed by atoms with Gasteiger partial charge >= 0.3 is 0 Å². The van der Waals surface area contributed by atoms with E-state index in [1.165, 1.54) is 0 Å². The fourth-order valence-corrected chi connectivity index (χ4v) is 2.99. The maximum Gasteiger partial charge on any atom is 0.263 e. The van der Waals surface area contributed by atoms with Gasteiger partial charge in [0.2, 0.25) is 0 Å². The van der Waals surface area contributed by atoms with Gasteiger partial charge in [-0.15, -0.1) is 12.4 Å². The second-order valence-electron chi connectivity index (χ2n) is 5.48. The number of carbonyl (C=O) groups excluding carboxylic acids is 1. The van der Waals surface area contributed by atoms with Crippen LogP contribution in [0.3, 0.4) is 0 Å². The quantitative estimate of drug-likeness (QED) is 0.890. The Morgan fingerprint density at radius 3 is 2.95 bits per heavy atom. The highest BCUT2D eigenvalue weighted by Crippen LogP contribution is 2.22. The molecule has 1 aliphatic rings. The third-order valence-corrected chi connectivity index (χ3v) is 4.10. The molecule has 124 valence electrons. The highest BCUT2D eigenvalue weighted by molar-refractivity contribution is 6.30. The van der Waals surface area contributed by atoms with E-state index in [-0.39, 0.29) is 24.4 Å². The van der Waals surface area contributed by atoms with Crippen molar-refractivity contribution < 1.29 is 9.53 Å². The molecule has 1 heterocycles. The normalized spacial score (nSPS) is 19.2. The Hall–Kier alpha value is -0.970.